The van der Waals surface area contributed by atoms with Crippen LogP contribution >= 0.6 is 0 Å². The molecule has 0 radical (unpaired) electrons. The van der Waals surface area contributed by atoms with Crippen LogP contribution in [0.25, 0.3) is 33.4 Å². The zero-order valence-electron chi connectivity index (χ0n) is 60.9. The molecule has 7 nitrogen and oxygen atoms in total. The summed E-state index contributed by atoms with van der Waals surface area (Å²) in [6, 6.07) is 149. The van der Waals surface area contributed by atoms with E-state index < -0.39 is 5.41 Å². The number of rotatable bonds is 11. The van der Waals surface area contributed by atoms with Crippen LogP contribution < -0.4 is 66.8 Å². The van der Waals surface area contributed by atoms with Gasteiger partial charge in [-0.3, -0.25) is 0 Å². The van der Waals surface area contributed by atoms with Crippen molar-refractivity contribution in [2.24, 2.45) is 0 Å². The lowest BCUT2D eigenvalue weighted by molar-refractivity contribution is 0.428. The van der Waals surface area contributed by atoms with Gasteiger partial charge in [0.1, 0.15) is 23.0 Å². The molecule has 522 valence electrons. The number of nitrogens with zero attached hydrogens (tertiary/aromatic N) is 5. The molecule has 112 heavy (non-hydrogen) atoms. The van der Waals surface area contributed by atoms with Crippen molar-refractivity contribution in [3.05, 3.63) is 429 Å². The van der Waals surface area contributed by atoms with Gasteiger partial charge in [0.25, 0.3) is 13.4 Å². The van der Waals surface area contributed by atoms with Crippen molar-refractivity contribution < 1.29 is 9.47 Å². The smallest absolute Gasteiger partial charge is 0.256 e. The van der Waals surface area contributed by atoms with Gasteiger partial charge in [-0.15, -0.1) is 0 Å². The normalized spacial score (nSPS) is 13.5. The molecule has 5 heterocycles. The fourth-order valence-electron chi connectivity index (χ4n) is 19.4. The first-order valence-electron chi connectivity index (χ1n) is 38.6. The summed E-state index contributed by atoms with van der Waals surface area (Å²) in [6.45, 7) is -0.539. The van der Waals surface area contributed by atoms with Crippen LogP contribution in [0.3, 0.4) is 0 Å². The molecular formula is C103H67B2N5O2. The second kappa shape index (κ2) is 25.3. The molecule has 0 aromatic heterocycles. The van der Waals surface area contributed by atoms with Crippen molar-refractivity contribution in [2.45, 2.75) is 5.41 Å². The van der Waals surface area contributed by atoms with Crippen LogP contribution in [-0.2, 0) is 5.41 Å². The van der Waals surface area contributed by atoms with Crippen LogP contribution in [0, 0.1) is 0 Å². The van der Waals surface area contributed by atoms with Crippen molar-refractivity contribution in [3.63, 3.8) is 0 Å². The maximum absolute atomic E-state index is 8.01. The highest BCUT2D eigenvalue weighted by Crippen LogP contribution is 2.64. The third kappa shape index (κ3) is 9.50. The Morgan fingerprint density at radius 2 is 0.616 bits per heavy atom. The monoisotopic (exact) mass is 1430 g/mol. The molecule has 17 aromatic carbocycles. The highest BCUT2D eigenvalue weighted by molar-refractivity contribution is 7.01. The number of hydrogen-bond donors (Lipinski definition) is 0. The van der Waals surface area contributed by atoms with E-state index in [4.69, 9.17) is 9.47 Å². The fourth-order valence-corrected chi connectivity index (χ4v) is 19.4. The van der Waals surface area contributed by atoms with Crippen molar-refractivity contribution in [1.29, 1.82) is 0 Å². The maximum atomic E-state index is 8.01. The molecule has 0 atom stereocenters. The molecular weight excluding hydrogens is 1360 g/mol. The number of hydrogen-bond acceptors (Lipinski definition) is 7. The second-order valence-electron chi connectivity index (χ2n) is 29.7. The van der Waals surface area contributed by atoms with Crippen LogP contribution in [0.1, 0.15) is 22.3 Å². The number of anilines is 15. The minimum Gasteiger partial charge on any atom is -0.458 e. The Bertz CT molecular complexity index is 6550. The predicted molar refractivity (Wildman–Crippen MR) is 464 cm³/mol. The Kier molecular flexibility index (Phi) is 14.3. The zero-order chi connectivity index (χ0) is 73.5. The number of para-hydroxylation sites is 9. The number of benzene rings is 17. The molecule has 6 aliphatic rings. The number of fused-ring (bicyclic) bond motifs is 17. The largest absolute Gasteiger partial charge is 0.458 e. The van der Waals surface area contributed by atoms with Gasteiger partial charge in [0, 0.05) is 103 Å². The molecule has 23 rings (SSSR count). The summed E-state index contributed by atoms with van der Waals surface area (Å²) in [6.07, 6.45) is 0. The predicted octanol–water partition coefficient (Wildman–Crippen LogP) is 22.9. The Labute approximate surface area is 651 Å². The van der Waals surface area contributed by atoms with Crippen molar-refractivity contribution in [2.75, 3.05) is 24.5 Å². The lowest BCUT2D eigenvalue weighted by atomic mass is 9.33. The quantitative estimate of drug-likeness (QED) is 0.119. The van der Waals surface area contributed by atoms with Crippen LogP contribution in [-0.4, -0.2) is 13.4 Å². The Morgan fingerprint density at radius 3 is 1.19 bits per heavy atom. The first-order valence-corrected chi connectivity index (χ1v) is 38.6. The van der Waals surface area contributed by atoms with Gasteiger partial charge in [0.2, 0.25) is 0 Å². The lowest BCUT2D eigenvalue weighted by Gasteiger charge is -2.46. The van der Waals surface area contributed by atoms with Crippen LogP contribution in [0.2, 0.25) is 0 Å². The van der Waals surface area contributed by atoms with Crippen LogP contribution in [0.5, 0.6) is 23.0 Å². The van der Waals surface area contributed by atoms with Gasteiger partial charge in [0.15, 0.2) is 0 Å². The third-order valence-electron chi connectivity index (χ3n) is 23.9. The molecule has 1 aliphatic carbocycles. The van der Waals surface area contributed by atoms with E-state index in [0.29, 0.717) is 0 Å². The minimum absolute atomic E-state index is 0.238. The molecule has 0 amide bonds. The van der Waals surface area contributed by atoms with E-state index in [1.807, 2.05) is 0 Å². The van der Waals surface area contributed by atoms with Gasteiger partial charge < -0.3 is 34.0 Å². The number of ether oxygens (including phenoxy) is 2. The van der Waals surface area contributed by atoms with E-state index in [1.165, 1.54) is 44.1 Å². The minimum atomic E-state index is -0.912. The molecule has 0 unspecified atom stereocenters. The maximum Gasteiger partial charge on any atom is 0.256 e. The summed E-state index contributed by atoms with van der Waals surface area (Å²) in [4.78, 5) is 12.3. The first kappa shape index (κ1) is 63.6. The molecule has 0 bridgehead atoms. The van der Waals surface area contributed by atoms with Crippen molar-refractivity contribution in [3.8, 4) is 56.4 Å². The highest BCUT2D eigenvalue weighted by Gasteiger charge is 2.55. The molecule has 5 aliphatic heterocycles. The summed E-state index contributed by atoms with van der Waals surface area (Å²) in [7, 11) is 0. The summed E-state index contributed by atoms with van der Waals surface area (Å²) in [5.74, 6) is 3.01. The van der Waals surface area contributed by atoms with E-state index in [1.54, 1.807) is 0 Å². The Hall–Kier alpha value is -14.5. The molecule has 0 saturated carbocycles. The third-order valence-corrected chi connectivity index (χ3v) is 23.9. The molecule has 9 heteroatoms. The standard InChI is InChI=1S/C103H67B2N5O2/c1-8-34-68(35-9-1)77-48-24-30-56-89(77)107(72-42-16-5-17-43-72)76-62-96-102-100(63-76)112-99-67-98-84(65-88(99)105(102)86-55-29-33-59-92(86)110(96)90-57-31-25-49-78(90)69-36-10-2-11-37-69)103(81-52-26-22-50-79(81)80-51-23-27-53-82(80)103)83-64-87-93(66-97(83)111-98)109(74-46-20-7-21-47-74)95-61-75(106(70-38-12-3-13-39-70)71-40-14-4-15-41-71)60-94-101(95)104(87)85-54-28-32-58-91(85)108(94)73-44-18-6-19-45-73/h1-67H. The zero-order valence-corrected chi connectivity index (χ0v) is 60.9. The van der Waals surface area contributed by atoms with Gasteiger partial charge in [-0.1, -0.05) is 285 Å². The van der Waals surface area contributed by atoms with E-state index >= 15 is 0 Å². The van der Waals surface area contributed by atoms with E-state index in [9.17, 15) is 0 Å². The van der Waals surface area contributed by atoms with Gasteiger partial charge in [-0.05, 0) is 169 Å². The first-order chi connectivity index (χ1) is 55.6. The Balaban J connectivity index is 0.789. The van der Waals surface area contributed by atoms with Gasteiger partial charge in [-0.25, -0.2) is 0 Å². The van der Waals surface area contributed by atoms with E-state index in [-0.39, 0.29) is 13.4 Å². The van der Waals surface area contributed by atoms with Crippen LogP contribution in [0.15, 0.2) is 406 Å². The highest BCUT2D eigenvalue weighted by atomic mass is 16.5. The Morgan fingerprint density at radius 1 is 0.223 bits per heavy atom. The SMILES string of the molecule is c1ccc(-c2ccccc2N(c2ccccc2)c2cc3c4c(c2)N(c2ccccc2-c2ccccc2)c2ccccc2B4c2cc4c(cc2O3)Oc2cc3c(cc2C42c4ccccc4-c4ccccc42)B2c4ccccc4N(c4ccccc4)c4cc(N(c5ccccc5)c5ccccc5)cc(c42)N3c2ccccc2)cc1. The topological polar surface area (TPSA) is 34.7 Å². The summed E-state index contributed by atoms with van der Waals surface area (Å²) >= 11 is 0. The summed E-state index contributed by atoms with van der Waals surface area (Å²) in [5.41, 5.74) is 33.2. The van der Waals surface area contributed by atoms with Gasteiger partial charge in [0.05, 0.1) is 28.2 Å². The van der Waals surface area contributed by atoms with Crippen molar-refractivity contribution in [1.82, 2.24) is 0 Å². The summed E-state index contributed by atoms with van der Waals surface area (Å²) < 4.78 is 15.9. The van der Waals surface area contributed by atoms with Gasteiger partial charge >= 0.3 is 0 Å². The van der Waals surface area contributed by atoms with Gasteiger partial charge in [-0.2, -0.15) is 0 Å². The molecule has 0 fully saturated rings. The molecule has 1 spiro atoms. The van der Waals surface area contributed by atoms with Crippen molar-refractivity contribution >= 4 is 132 Å². The molecule has 0 saturated heterocycles. The van der Waals surface area contributed by atoms with Crippen LogP contribution in [0.4, 0.5) is 85.3 Å². The van der Waals surface area contributed by atoms with E-state index in [0.717, 1.165) is 153 Å². The second-order valence-corrected chi connectivity index (χ2v) is 29.7. The fraction of sp³-hybridized carbons (Fsp3) is 0.00971. The average molecular weight is 1430 g/mol. The molecule has 0 N–H and O–H groups in total. The molecule has 17 aromatic rings. The lowest BCUT2D eigenvalue weighted by Crippen LogP contribution is -2.61. The summed E-state index contributed by atoms with van der Waals surface area (Å²) in [5, 5.41) is 0. The van der Waals surface area contributed by atoms with E-state index in [2.05, 4.69) is 431 Å². The average Bonchev–Trinajstić information content (AvgIpc) is 1.48.